The van der Waals surface area contributed by atoms with Crippen molar-refractivity contribution in [1.29, 1.82) is 0 Å². The van der Waals surface area contributed by atoms with Crippen LogP contribution >= 0.6 is 11.8 Å². The lowest BCUT2D eigenvalue weighted by molar-refractivity contribution is 0.0942. The number of aryl methyl sites for hydroxylation is 2. The third kappa shape index (κ3) is 4.09. The molecule has 0 saturated carbocycles. The monoisotopic (exact) mass is 391 g/mol. The van der Waals surface area contributed by atoms with Crippen LogP contribution in [0.4, 0.5) is 0 Å². The van der Waals surface area contributed by atoms with Crippen LogP contribution in [0.25, 0.3) is 5.70 Å². The zero-order valence-electron chi connectivity index (χ0n) is 15.6. The molecule has 0 spiro atoms. The number of nitrogens with one attached hydrogen (secondary N) is 2. The molecule has 2 N–H and O–H groups in total. The average molecular weight is 392 g/mol. The number of benzene rings is 2. The van der Waals surface area contributed by atoms with Crippen LogP contribution in [0, 0.1) is 0 Å². The zero-order valence-corrected chi connectivity index (χ0v) is 16.4. The van der Waals surface area contributed by atoms with Crippen LogP contribution in [-0.4, -0.2) is 20.7 Å². The summed E-state index contributed by atoms with van der Waals surface area (Å²) in [5, 5.41) is 8.80. The van der Waals surface area contributed by atoms with E-state index >= 15 is 0 Å². The molecular formula is C21H21N5OS. The molecule has 2 aromatic carbocycles. The predicted molar refractivity (Wildman–Crippen MR) is 110 cm³/mol. The molecule has 0 unspecified atom stereocenters. The van der Waals surface area contributed by atoms with Gasteiger partial charge in [0.1, 0.15) is 6.33 Å². The van der Waals surface area contributed by atoms with Gasteiger partial charge in [0.25, 0.3) is 5.91 Å². The van der Waals surface area contributed by atoms with Crippen molar-refractivity contribution in [3.63, 3.8) is 0 Å². The topological polar surface area (TPSA) is 71.8 Å². The number of rotatable bonds is 6. The molecule has 0 aliphatic heterocycles. The van der Waals surface area contributed by atoms with Gasteiger partial charge in [-0.15, -0.1) is 10.2 Å². The van der Waals surface area contributed by atoms with E-state index < -0.39 is 0 Å². The van der Waals surface area contributed by atoms with Crippen LogP contribution in [0.15, 0.2) is 66.1 Å². The van der Waals surface area contributed by atoms with Gasteiger partial charge >= 0.3 is 0 Å². The highest BCUT2D eigenvalue weighted by Crippen LogP contribution is 2.24. The third-order valence-electron chi connectivity index (χ3n) is 4.63. The molecule has 1 amide bonds. The minimum Gasteiger partial charge on any atom is -0.312 e. The van der Waals surface area contributed by atoms with E-state index in [1.807, 2.05) is 48.0 Å². The van der Waals surface area contributed by atoms with E-state index in [1.54, 1.807) is 18.1 Å². The van der Waals surface area contributed by atoms with Crippen LogP contribution in [-0.2, 0) is 19.2 Å². The van der Waals surface area contributed by atoms with E-state index in [0.29, 0.717) is 5.56 Å². The number of carbonyl (C=O) groups is 1. The summed E-state index contributed by atoms with van der Waals surface area (Å²) in [5.74, 6) is 0.618. The first-order valence-electron chi connectivity index (χ1n) is 9.11. The van der Waals surface area contributed by atoms with E-state index in [-0.39, 0.29) is 5.91 Å². The van der Waals surface area contributed by atoms with Crippen molar-refractivity contribution in [2.45, 2.75) is 23.8 Å². The normalized spacial score (nSPS) is 12.8. The standard InChI is InChI=1S/C21H21N5OS/c1-26-14-22-25-21(26)28-13-15-9-11-17(12-10-15)20(27)24-23-19-8-4-6-16-5-2-3-7-18(16)19/h2-3,5,7-12,14,23H,4,6,13H2,1H3,(H,24,27). The van der Waals surface area contributed by atoms with E-state index in [9.17, 15) is 4.79 Å². The second-order valence-corrected chi connectivity index (χ2v) is 7.55. The molecule has 1 aliphatic rings. The van der Waals surface area contributed by atoms with Crippen molar-refractivity contribution in [3.05, 3.63) is 83.2 Å². The fourth-order valence-electron chi connectivity index (χ4n) is 3.10. The van der Waals surface area contributed by atoms with Gasteiger partial charge in [-0.05, 0) is 36.1 Å². The van der Waals surface area contributed by atoms with Crippen molar-refractivity contribution in [2.75, 3.05) is 0 Å². The van der Waals surface area contributed by atoms with Crippen molar-refractivity contribution in [3.8, 4) is 0 Å². The summed E-state index contributed by atoms with van der Waals surface area (Å²) in [6.45, 7) is 0. The molecule has 0 bridgehead atoms. The van der Waals surface area contributed by atoms with Crippen LogP contribution in [0.3, 0.4) is 0 Å². The maximum Gasteiger partial charge on any atom is 0.269 e. The van der Waals surface area contributed by atoms with Crippen LogP contribution in [0.5, 0.6) is 0 Å². The molecule has 142 valence electrons. The molecule has 0 atom stereocenters. The highest BCUT2D eigenvalue weighted by atomic mass is 32.2. The Kier molecular flexibility index (Phi) is 5.43. The first-order chi connectivity index (χ1) is 13.7. The number of hydrogen-bond acceptors (Lipinski definition) is 5. The van der Waals surface area contributed by atoms with Crippen LogP contribution < -0.4 is 10.9 Å². The molecule has 4 rings (SSSR count). The Bertz CT molecular complexity index is 1010. The Labute approximate surface area is 168 Å². The molecule has 0 saturated heterocycles. The van der Waals surface area contributed by atoms with E-state index in [2.05, 4.69) is 39.3 Å². The van der Waals surface area contributed by atoms with Crippen molar-refractivity contribution in [1.82, 2.24) is 25.6 Å². The third-order valence-corrected chi connectivity index (χ3v) is 5.74. The van der Waals surface area contributed by atoms with Crippen LogP contribution in [0.2, 0.25) is 0 Å². The summed E-state index contributed by atoms with van der Waals surface area (Å²) in [6, 6.07) is 15.9. The highest BCUT2D eigenvalue weighted by molar-refractivity contribution is 7.98. The quantitative estimate of drug-likeness (QED) is 0.498. The Balaban J connectivity index is 1.34. The molecule has 0 fully saturated rings. The van der Waals surface area contributed by atoms with Gasteiger partial charge in [0, 0.05) is 23.9 Å². The van der Waals surface area contributed by atoms with Gasteiger partial charge in [-0.1, -0.05) is 54.2 Å². The molecule has 1 aliphatic carbocycles. The number of fused-ring (bicyclic) bond motifs is 1. The SMILES string of the molecule is Cn1cnnc1SCc1ccc(C(=O)NNC2=CCCc3ccccc32)cc1. The number of hydrazine groups is 1. The van der Waals surface area contributed by atoms with Crippen molar-refractivity contribution < 1.29 is 4.79 Å². The number of nitrogens with zero attached hydrogens (tertiary/aromatic N) is 3. The first-order valence-corrected chi connectivity index (χ1v) is 10.1. The van der Waals surface area contributed by atoms with E-state index in [0.717, 1.165) is 40.6 Å². The number of carbonyl (C=O) groups excluding carboxylic acids is 1. The lowest BCUT2D eigenvalue weighted by Gasteiger charge is -2.19. The van der Waals surface area contributed by atoms with Gasteiger partial charge in [0.15, 0.2) is 5.16 Å². The summed E-state index contributed by atoms with van der Waals surface area (Å²) in [4.78, 5) is 12.5. The second-order valence-electron chi connectivity index (χ2n) is 6.60. The minimum absolute atomic E-state index is 0.156. The van der Waals surface area contributed by atoms with Gasteiger partial charge in [-0.25, -0.2) is 0 Å². The van der Waals surface area contributed by atoms with Gasteiger partial charge in [-0.3, -0.25) is 15.6 Å². The lowest BCUT2D eigenvalue weighted by atomic mass is 9.95. The predicted octanol–water partition coefficient (Wildman–Crippen LogP) is 3.33. The maximum absolute atomic E-state index is 12.5. The summed E-state index contributed by atoms with van der Waals surface area (Å²) >= 11 is 1.61. The first kappa shape index (κ1) is 18.3. The van der Waals surface area contributed by atoms with Gasteiger partial charge in [0.05, 0.1) is 5.70 Å². The number of hydrogen-bond donors (Lipinski definition) is 2. The number of allylic oxidation sites excluding steroid dienone is 1. The van der Waals surface area contributed by atoms with Crippen molar-refractivity contribution in [2.24, 2.45) is 7.05 Å². The van der Waals surface area contributed by atoms with Gasteiger partial charge in [-0.2, -0.15) is 0 Å². The fraction of sp³-hybridized carbons (Fsp3) is 0.190. The number of thioether (sulfide) groups is 1. The lowest BCUT2D eigenvalue weighted by Crippen LogP contribution is -2.36. The second kappa shape index (κ2) is 8.31. The van der Waals surface area contributed by atoms with E-state index in [1.165, 1.54) is 5.56 Å². The molecule has 7 heteroatoms. The summed E-state index contributed by atoms with van der Waals surface area (Å²) in [7, 11) is 1.92. The summed E-state index contributed by atoms with van der Waals surface area (Å²) in [6.07, 6.45) is 5.80. The summed E-state index contributed by atoms with van der Waals surface area (Å²) in [5.41, 5.74) is 11.0. The molecule has 0 radical (unpaired) electrons. The molecule has 6 nitrogen and oxygen atoms in total. The largest absolute Gasteiger partial charge is 0.312 e. The number of aromatic nitrogens is 3. The maximum atomic E-state index is 12.5. The van der Waals surface area contributed by atoms with Crippen molar-refractivity contribution >= 4 is 23.4 Å². The molecule has 1 heterocycles. The average Bonchev–Trinajstić information content (AvgIpc) is 3.15. The Hall–Kier alpha value is -3.06. The van der Waals surface area contributed by atoms with Crippen LogP contribution in [0.1, 0.15) is 33.5 Å². The highest BCUT2D eigenvalue weighted by Gasteiger charge is 2.13. The number of amides is 1. The zero-order chi connectivity index (χ0) is 19.3. The minimum atomic E-state index is -0.156. The molecular weight excluding hydrogens is 370 g/mol. The molecule has 3 aromatic rings. The molecule has 1 aromatic heterocycles. The van der Waals surface area contributed by atoms with Gasteiger partial charge in [0.2, 0.25) is 0 Å². The molecule has 28 heavy (non-hydrogen) atoms. The fourth-order valence-corrected chi connectivity index (χ4v) is 3.95. The Morgan fingerprint density at radius 2 is 2.00 bits per heavy atom. The summed E-state index contributed by atoms with van der Waals surface area (Å²) < 4.78 is 1.89. The van der Waals surface area contributed by atoms with E-state index in [4.69, 9.17) is 0 Å². The Morgan fingerprint density at radius 1 is 1.18 bits per heavy atom. The van der Waals surface area contributed by atoms with Gasteiger partial charge < -0.3 is 4.57 Å². The smallest absolute Gasteiger partial charge is 0.269 e. The Morgan fingerprint density at radius 3 is 2.79 bits per heavy atom.